The molecule has 8 heteroatoms. The minimum atomic E-state index is -3.76. The SMILES string of the molecule is Cc1ccc(S(=O)(=O)c2cnc(N3CCN(c4ccc(C)cc4C)CC3)nc2N)cc1. The number of hydrogen-bond donors (Lipinski definition) is 1. The molecule has 0 unspecified atom stereocenters. The van der Waals surface area contributed by atoms with E-state index < -0.39 is 9.84 Å². The largest absolute Gasteiger partial charge is 0.382 e. The molecular formula is C23H27N5O2S. The fourth-order valence-electron chi connectivity index (χ4n) is 3.89. The van der Waals surface area contributed by atoms with Crippen LogP contribution in [0.15, 0.2) is 58.5 Å². The first-order valence-corrected chi connectivity index (χ1v) is 11.8. The van der Waals surface area contributed by atoms with Crippen LogP contribution in [0.2, 0.25) is 0 Å². The van der Waals surface area contributed by atoms with E-state index in [0.717, 1.165) is 31.7 Å². The average molecular weight is 438 g/mol. The van der Waals surface area contributed by atoms with Crippen LogP contribution in [0.25, 0.3) is 0 Å². The number of sulfone groups is 1. The quantitative estimate of drug-likeness (QED) is 0.670. The minimum absolute atomic E-state index is 0.0256. The minimum Gasteiger partial charge on any atom is -0.382 e. The summed E-state index contributed by atoms with van der Waals surface area (Å²) >= 11 is 0. The van der Waals surface area contributed by atoms with Crippen LogP contribution in [0, 0.1) is 20.8 Å². The number of hydrogen-bond acceptors (Lipinski definition) is 7. The number of benzene rings is 2. The van der Waals surface area contributed by atoms with Crippen LogP contribution < -0.4 is 15.5 Å². The van der Waals surface area contributed by atoms with Crippen molar-refractivity contribution in [2.75, 3.05) is 41.7 Å². The Morgan fingerprint density at radius 3 is 2.10 bits per heavy atom. The van der Waals surface area contributed by atoms with Crippen molar-refractivity contribution >= 4 is 27.3 Å². The van der Waals surface area contributed by atoms with Gasteiger partial charge in [0.2, 0.25) is 15.8 Å². The zero-order valence-electron chi connectivity index (χ0n) is 18.0. The van der Waals surface area contributed by atoms with Gasteiger partial charge in [0, 0.05) is 31.9 Å². The number of nitrogens with zero attached hydrogens (tertiary/aromatic N) is 4. The summed E-state index contributed by atoms with van der Waals surface area (Å²) in [5, 5.41) is 0. The molecule has 0 atom stereocenters. The second-order valence-corrected chi connectivity index (χ2v) is 9.92. The van der Waals surface area contributed by atoms with Crippen LogP contribution in [-0.2, 0) is 9.84 Å². The summed E-state index contributed by atoms with van der Waals surface area (Å²) in [6.07, 6.45) is 1.32. The molecule has 7 nitrogen and oxygen atoms in total. The Hall–Kier alpha value is -3.13. The van der Waals surface area contributed by atoms with Crippen molar-refractivity contribution in [3.05, 3.63) is 65.4 Å². The first-order valence-electron chi connectivity index (χ1n) is 10.3. The Bertz CT molecular complexity index is 1200. The fraction of sp³-hybridized carbons (Fsp3) is 0.304. The maximum absolute atomic E-state index is 12.9. The van der Waals surface area contributed by atoms with Crippen molar-refractivity contribution in [3.63, 3.8) is 0 Å². The molecule has 1 fully saturated rings. The third-order valence-corrected chi connectivity index (χ3v) is 7.43. The molecule has 2 heterocycles. The van der Waals surface area contributed by atoms with Gasteiger partial charge in [-0.1, -0.05) is 35.4 Å². The molecule has 1 aliphatic rings. The summed E-state index contributed by atoms with van der Waals surface area (Å²) in [7, 11) is -3.76. The lowest BCUT2D eigenvalue weighted by Gasteiger charge is -2.37. The fourth-order valence-corrected chi connectivity index (χ4v) is 5.15. The molecule has 0 aliphatic carbocycles. The first-order chi connectivity index (χ1) is 14.8. The summed E-state index contributed by atoms with van der Waals surface area (Å²) in [6, 6.07) is 13.2. The lowest BCUT2D eigenvalue weighted by Crippen LogP contribution is -2.47. The number of nitrogen functional groups attached to an aromatic ring is 1. The van der Waals surface area contributed by atoms with E-state index in [1.54, 1.807) is 24.3 Å². The maximum Gasteiger partial charge on any atom is 0.227 e. The molecule has 1 aromatic heterocycles. The average Bonchev–Trinajstić information content (AvgIpc) is 2.74. The predicted octanol–water partition coefficient (Wildman–Crippen LogP) is 3.14. The number of aromatic nitrogens is 2. The lowest BCUT2D eigenvalue weighted by atomic mass is 10.1. The van der Waals surface area contributed by atoms with Crippen LogP contribution in [-0.4, -0.2) is 44.6 Å². The van der Waals surface area contributed by atoms with Crippen molar-refractivity contribution < 1.29 is 8.42 Å². The highest BCUT2D eigenvalue weighted by Gasteiger charge is 2.25. The topological polar surface area (TPSA) is 92.4 Å². The van der Waals surface area contributed by atoms with E-state index in [0.29, 0.717) is 5.95 Å². The second-order valence-electron chi connectivity index (χ2n) is 8.00. The summed E-state index contributed by atoms with van der Waals surface area (Å²) in [5.41, 5.74) is 10.8. The molecule has 0 radical (unpaired) electrons. The van der Waals surface area contributed by atoms with Gasteiger partial charge in [-0.15, -0.1) is 0 Å². The third-order valence-electron chi connectivity index (χ3n) is 5.65. The van der Waals surface area contributed by atoms with Gasteiger partial charge in [0.05, 0.1) is 11.1 Å². The first kappa shape index (κ1) is 21.1. The van der Waals surface area contributed by atoms with E-state index in [1.165, 1.54) is 23.0 Å². The van der Waals surface area contributed by atoms with Crippen molar-refractivity contribution in [2.45, 2.75) is 30.6 Å². The van der Waals surface area contributed by atoms with Gasteiger partial charge in [-0.3, -0.25) is 0 Å². The standard InChI is InChI=1S/C23H27N5O2S/c1-16-4-7-19(8-5-16)31(29,30)21-15-25-23(26-22(21)24)28-12-10-27(11-13-28)20-9-6-17(2)14-18(20)3/h4-9,14-15H,10-13H2,1-3H3,(H2,24,25,26). The molecule has 2 N–H and O–H groups in total. The van der Waals surface area contributed by atoms with Crippen molar-refractivity contribution in [1.29, 1.82) is 0 Å². The highest BCUT2D eigenvalue weighted by Crippen LogP contribution is 2.27. The van der Waals surface area contributed by atoms with Crippen LogP contribution in [0.3, 0.4) is 0 Å². The molecule has 4 rings (SSSR count). The number of piperazine rings is 1. The Morgan fingerprint density at radius 2 is 1.48 bits per heavy atom. The molecule has 1 aliphatic heterocycles. The van der Waals surface area contributed by atoms with Crippen LogP contribution in [0.1, 0.15) is 16.7 Å². The molecule has 162 valence electrons. The Morgan fingerprint density at radius 1 is 0.871 bits per heavy atom. The van der Waals surface area contributed by atoms with Crippen molar-refractivity contribution in [2.24, 2.45) is 0 Å². The summed E-state index contributed by atoms with van der Waals surface area (Å²) < 4.78 is 25.9. The molecule has 0 amide bonds. The highest BCUT2D eigenvalue weighted by molar-refractivity contribution is 7.91. The molecular weight excluding hydrogens is 410 g/mol. The van der Waals surface area contributed by atoms with Gasteiger partial charge in [0.15, 0.2) is 0 Å². The molecule has 0 spiro atoms. The number of aryl methyl sites for hydroxylation is 3. The molecule has 3 aromatic rings. The van der Waals surface area contributed by atoms with E-state index in [2.05, 4.69) is 46.9 Å². The van der Waals surface area contributed by atoms with Crippen molar-refractivity contribution in [3.8, 4) is 0 Å². The number of anilines is 3. The van der Waals surface area contributed by atoms with E-state index in [4.69, 9.17) is 5.73 Å². The van der Waals surface area contributed by atoms with Gasteiger partial charge < -0.3 is 15.5 Å². The summed E-state index contributed by atoms with van der Waals surface area (Å²) in [6.45, 7) is 9.26. The summed E-state index contributed by atoms with van der Waals surface area (Å²) in [5.74, 6) is 0.433. The Labute approximate surface area is 183 Å². The second kappa shape index (κ2) is 8.19. The van der Waals surface area contributed by atoms with E-state index in [1.807, 2.05) is 11.8 Å². The molecule has 31 heavy (non-hydrogen) atoms. The van der Waals surface area contributed by atoms with Gasteiger partial charge in [-0.25, -0.2) is 13.4 Å². The summed E-state index contributed by atoms with van der Waals surface area (Å²) in [4.78, 5) is 13.2. The normalized spacial score (nSPS) is 14.7. The zero-order valence-corrected chi connectivity index (χ0v) is 18.9. The number of nitrogens with two attached hydrogens (primary N) is 1. The number of rotatable bonds is 4. The lowest BCUT2D eigenvalue weighted by molar-refractivity contribution is 0.595. The van der Waals surface area contributed by atoms with Gasteiger partial charge in [-0.2, -0.15) is 4.98 Å². The van der Waals surface area contributed by atoms with Crippen molar-refractivity contribution in [1.82, 2.24) is 9.97 Å². The zero-order chi connectivity index (χ0) is 22.2. The van der Waals surface area contributed by atoms with E-state index in [9.17, 15) is 8.42 Å². The van der Waals surface area contributed by atoms with Gasteiger partial charge in [0.25, 0.3) is 0 Å². The highest BCUT2D eigenvalue weighted by atomic mass is 32.2. The Kier molecular flexibility index (Phi) is 5.58. The smallest absolute Gasteiger partial charge is 0.227 e. The molecule has 0 saturated carbocycles. The third kappa shape index (κ3) is 4.20. The molecule has 0 bridgehead atoms. The van der Waals surface area contributed by atoms with Gasteiger partial charge in [-0.05, 0) is 44.5 Å². The van der Waals surface area contributed by atoms with E-state index >= 15 is 0 Å². The Balaban J connectivity index is 1.51. The van der Waals surface area contributed by atoms with Gasteiger partial charge >= 0.3 is 0 Å². The molecule has 1 saturated heterocycles. The monoisotopic (exact) mass is 437 g/mol. The van der Waals surface area contributed by atoms with Gasteiger partial charge in [0.1, 0.15) is 10.7 Å². The van der Waals surface area contributed by atoms with Crippen LogP contribution in [0.5, 0.6) is 0 Å². The maximum atomic E-state index is 12.9. The molecule has 2 aromatic carbocycles. The van der Waals surface area contributed by atoms with Crippen LogP contribution in [0.4, 0.5) is 17.5 Å². The van der Waals surface area contributed by atoms with Crippen LogP contribution >= 0.6 is 0 Å². The predicted molar refractivity (Wildman–Crippen MR) is 123 cm³/mol. The van der Waals surface area contributed by atoms with E-state index in [-0.39, 0.29) is 15.6 Å².